The maximum absolute atomic E-state index is 4.77. The first kappa shape index (κ1) is 19.4. The summed E-state index contributed by atoms with van der Waals surface area (Å²) >= 11 is 3.49. The zero-order valence-corrected chi connectivity index (χ0v) is 17.0. The predicted octanol–water partition coefficient (Wildman–Crippen LogP) is 3.86. The second-order valence-corrected chi connectivity index (χ2v) is 7.32. The third-order valence-corrected chi connectivity index (χ3v) is 5.34. The van der Waals surface area contributed by atoms with Crippen molar-refractivity contribution in [1.82, 2.24) is 20.0 Å². The molecule has 2 heterocycles. The van der Waals surface area contributed by atoms with Crippen molar-refractivity contribution in [2.75, 3.05) is 20.1 Å². The van der Waals surface area contributed by atoms with Gasteiger partial charge in [0.2, 0.25) is 0 Å². The number of halogens is 2. The van der Waals surface area contributed by atoms with Gasteiger partial charge in [0.15, 0.2) is 0 Å². The fourth-order valence-electron chi connectivity index (χ4n) is 3.40. The summed E-state index contributed by atoms with van der Waals surface area (Å²) in [5.41, 5.74) is 4.87. The van der Waals surface area contributed by atoms with E-state index in [0.717, 1.165) is 28.9 Å². The van der Waals surface area contributed by atoms with Crippen LogP contribution < -0.4 is 5.32 Å². The van der Waals surface area contributed by atoms with Gasteiger partial charge in [0.25, 0.3) is 0 Å². The van der Waals surface area contributed by atoms with Crippen molar-refractivity contribution in [3.63, 3.8) is 0 Å². The van der Waals surface area contributed by atoms with E-state index in [1.54, 1.807) is 0 Å². The van der Waals surface area contributed by atoms with Crippen molar-refractivity contribution < 1.29 is 0 Å². The van der Waals surface area contributed by atoms with E-state index in [4.69, 9.17) is 5.10 Å². The lowest BCUT2D eigenvalue weighted by atomic mass is 10.0. The highest BCUT2D eigenvalue weighted by atomic mass is 79.9. The lowest BCUT2D eigenvalue weighted by Gasteiger charge is -2.32. The fourth-order valence-corrected chi connectivity index (χ4v) is 3.66. The van der Waals surface area contributed by atoms with Crippen LogP contribution in [0.1, 0.15) is 29.8 Å². The Hall–Kier alpha value is -0.880. The molecule has 1 saturated heterocycles. The molecule has 132 valence electrons. The average molecular weight is 414 g/mol. The third-order valence-electron chi connectivity index (χ3n) is 4.81. The molecule has 0 aliphatic carbocycles. The molecule has 24 heavy (non-hydrogen) atoms. The van der Waals surface area contributed by atoms with E-state index in [9.17, 15) is 0 Å². The Kier molecular flexibility index (Phi) is 6.87. The topological polar surface area (TPSA) is 33.1 Å². The molecule has 1 aliphatic heterocycles. The Bertz CT molecular complexity index is 668. The summed E-state index contributed by atoms with van der Waals surface area (Å²) in [6.07, 6.45) is 2.55. The summed E-state index contributed by atoms with van der Waals surface area (Å²) in [5.74, 6) is 0. The van der Waals surface area contributed by atoms with E-state index in [1.165, 1.54) is 30.6 Å². The van der Waals surface area contributed by atoms with Crippen LogP contribution in [-0.4, -0.2) is 40.9 Å². The first-order valence-electron chi connectivity index (χ1n) is 8.29. The van der Waals surface area contributed by atoms with Gasteiger partial charge in [-0.05, 0) is 64.5 Å². The van der Waals surface area contributed by atoms with E-state index < -0.39 is 0 Å². The molecule has 0 spiro atoms. The van der Waals surface area contributed by atoms with Crippen LogP contribution in [-0.2, 0) is 6.54 Å². The summed E-state index contributed by atoms with van der Waals surface area (Å²) < 4.78 is 3.16. The smallest absolute Gasteiger partial charge is 0.0649 e. The molecule has 4 nitrogen and oxygen atoms in total. The molecule has 1 fully saturated rings. The highest BCUT2D eigenvalue weighted by Gasteiger charge is 2.21. The Morgan fingerprint density at radius 2 is 1.96 bits per heavy atom. The molecule has 2 aromatic rings. The number of piperidine rings is 1. The standard InChI is InChI=1S/C18H25BrN4.ClH/c1-13-18(12-22-10-4-5-16(11-22)20-3)14(2)23(21-13)17-8-6-15(19)7-9-17;/h6-9,16,20H,4-5,10-12H2,1-3H3;1H. The van der Waals surface area contributed by atoms with Gasteiger partial charge in [-0.3, -0.25) is 4.90 Å². The molecule has 1 aromatic carbocycles. The number of nitrogens with zero attached hydrogens (tertiary/aromatic N) is 3. The Morgan fingerprint density at radius 3 is 2.62 bits per heavy atom. The van der Waals surface area contributed by atoms with Crippen molar-refractivity contribution >= 4 is 28.3 Å². The van der Waals surface area contributed by atoms with Crippen molar-refractivity contribution in [1.29, 1.82) is 0 Å². The molecule has 0 saturated carbocycles. The highest BCUT2D eigenvalue weighted by molar-refractivity contribution is 9.10. The van der Waals surface area contributed by atoms with Gasteiger partial charge >= 0.3 is 0 Å². The second-order valence-electron chi connectivity index (χ2n) is 6.40. The lowest BCUT2D eigenvalue weighted by molar-refractivity contribution is 0.187. The average Bonchev–Trinajstić information content (AvgIpc) is 2.84. The molecule has 1 unspecified atom stereocenters. The third kappa shape index (κ3) is 4.20. The Labute approximate surface area is 159 Å². The van der Waals surface area contributed by atoms with Gasteiger partial charge < -0.3 is 5.32 Å². The first-order valence-corrected chi connectivity index (χ1v) is 9.08. The number of likely N-dealkylation sites (tertiary alicyclic amines) is 1. The molecule has 1 atom stereocenters. The van der Waals surface area contributed by atoms with E-state index in [2.05, 4.69) is 76.0 Å². The number of rotatable bonds is 4. The number of aromatic nitrogens is 2. The van der Waals surface area contributed by atoms with Gasteiger partial charge in [-0.15, -0.1) is 12.4 Å². The van der Waals surface area contributed by atoms with Crippen LogP contribution in [0.5, 0.6) is 0 Å². The monoisotopic (exact) mass is 412 g/mol. The van der Waals surface area contributed by atoms with E-state index in [1.807, 2.05) is 0 Å². The van der Waals surface area contributed by atoms with Gasteiger partial charge in [-0.1, -0.05) is 15.9 Å². The number of likely N-dealkylation sites (N-methyl/N-ethyl adjacent to an activating group) is 1. The molecule has 1 N–H and O–H groups in total. The molecule has 0 radical (unpaired) electrons. The quantitative estimate of drug-likeness (QED) is 0.826. The molecule has 0 bridgehead atoms. The van der Waals surface area contributed by atoms with E-state index in [0.29, 0.717) is 6.04 Å². The zero-order chi connectivity index (χ0) is 16.4. The number of benzene rings is 1. The summed E-state index contributed by atoms with van der Waals surface area (Å²) in [7, 11) is 2.07. The summed E-state index contributed by atoms with van der Waals surface area (Å²) in [4.78, 5) is 2.55. The van der Waals surface area contributed by atoms with Crippen molar-refractivity contribution in [3.05, 3.63) is 45.7 Å². The van der Waals surface area contributed by atoms with Crippen molar-refractivity contribution in [3.8, 4) is 5.69 Å². The number of nitrogens with one attached hydrogen (secondary N) is 1. The van der Waals surface area contributed by atoms with Crippen LogP contribution in [0.4, 0.5) is 0 Å². The maximum atomic E-state index is 4.77. The SMILES string of the molecule is CNC1CCCN(Cc2c(C)nn(-c3ccc(Br)cc3)c2C)C1.Cl. The van der Waals surface area contributed by atoms with Crippen LogP contribution >= 0.6 is 28.3 Å². The minimum absolute atomic E-state index is 0. The Morgan fingerprint density at radius 1 is 1.25 bits per heavy atom. The van der Waals surface area contributed by atoms with E-state index in [-0.39, 0.29) is 12.4 Å². The van der Waals surface area contributed by atoms with Crippen LogP contribution in [0, 0.1) is 13.8 Å². The first-order chi connectivity index (χ1) is 11.1. The molecule has 1 aliphatic rings. The molecule has 1 aromatic heterocycles. The largest absolute Gasteiger partial charge is 0.316 e. The number of hydrogen-bond donors (Lipinski definition) is 1. The van der Waals surface area contributed by atoms with Crippen LogP contribution in [0.2, 0.25) is 0 Å². The molecule has 3 rings (SSSR count). The highest BCUT2D eigenvalue weighted by Crippen LogP contribution is 2.22. The molecule has 6 heteroatoms. The Balaban J connectivity index is 0.00000208. The molecular formula is C18H26BrClN4. The van der Waals surface area contributed by atoms with Crippen LogP contribution in [0.15, 0.2) is 28.7 Å². The minimum Gasteiger partial charge on any atom is -0.316 e. The molecular weight excluding hydrogens is 388 g/mol. The predicted molar refractivity (Wildman–Crippen MR) is 105 cm³/mol. The van der Waals surface area contributed by atoms with Crippen LogP contribution in [0.3, 0.4) is 0 Å². The van der Waals surface area contributed by atoms with Crippen molar-refractivity contribution in [2.45, 2.75) is 39.3 Å². The minimum atomic E-state index is 0. The maximum Gasteiger partial charge on any atom is 0.0649 e. The van der Waals surface area contributed by atoms with Gasteiger partial charge in [0.05, 0.1) is 11.4 Å². The van der Waals surface area contributed by atoms with Gasteiger partial charge in [-0.25, -0.2) is 4.68 Å². The summed E-state index contributed by atoms with van der Waals surface area (Å²) in [6.45, 7) is 7.60. The fraction of sp³-hybridized carbons (Fsp3) is 0.500. The van der Waals surface area contributed by atoms with Gasteiger partial charge in [0.1, 0.15) is 0 Å². The number of hydrogen-bond acceptors (Lipinski definition) is 3. The summed E-state index contributed by atoms with van der Waals surface area (Å²) in [6, 6.07) is 8.95. The second kappa shape index (κ2) is 8.48. The van der Waals surface area contributed by atoms with Crippen molar-refractivity contribution in [2.24, 2.45) is 0 Å². The number of aryl methyl sites for hydroxylation is 1. The van der Waals surface area contributed by atoms with Gasteiger partial charge in [0, 0.05) is 34.9 Å². The van der Waals surface area contributed by atoms with Gasteiger partial charge in [-0.2, -0.15) is 5.10 Å². The molecule has 0 amide bonds. The zero-order valence-electron chi connectivity index (χ0n) is 14.6. The van der Waals surface area contributed by atoms with Crippen LogP contribution in [0.25, 0.3) is 5.69 Å². The van der Waals surface area contributed by atoms with E-state index >= 15 is 0 Å². The summed E-state index contributed by atoms with van der Waals surface area (Å²) in [5, 5.41) is 8.19. The normalized spacial score (nSPS) is 18.4. The lowest BCUT2D eigenvalue weighted by Crippen LogP contribution is -2.44.